The van der Waals surface area contributed by atoms with Crippen molar-refractivity contribution < 1.29 is 0 Å². The van der Waals surface area contributed by atoms with Crippen LogP contribution in [0.15, 0.2) is 54.7 Å². The predicted octanol–water partition coefficient (Wildman–Crippen LogP) is 4.42. The largest absolute Gasteiger partial charge is 0.236 e. The van der Waals surface area contributed by atoms with Crippen molar-refractivity contribution in [2.45, 2.75) is 19.8 Å². The van der Waals surface area contributed by atoms with Gasteiger partial charge < -0.3 is 0 Å². The molecule has 0 unspecified atom stereocenters. The Kier molecular flexibility index (Phi) is 3.00. The molecular weight excluding hydrogens is 232 g/mol. The quantitative estimate of drug-likeness (QED) is 0.671. The van der Waals surface area contributed by atoms with E-state index in [-0.39, 0.29) is 0 Å². The maximum atomic E-state index is 4.61. The van der Waals surface area contributed by atoms with Crippen molar-refractivity contribution >= 4 is 10.9 Å². The summed E-state index contributed by atoms with van der Waals surface area (Å²) in [6.07, 6.45) is 1.88. The first-order valence-electron chi connectivity index (χ1n) is 6.56. The molecule has 3 rings (SSSR count). The van der Waals surface area contributed by atoms with Gasteiger partial charge in [-0.25, -0.2) is 9.97 Å². The third-order valence-corrected chi connectivity index (χ3v) is 3.32. The Bertz CT molecular complexity index is 700. The van der Waals surface area contributed by atoms with Gasteiger partial charge in [-0.1, -0.05) is 56.3 Å². The van der Waals surface area contributed by atoms with Crippen molar-refractivity contribution in [1.82, 2.24) is 9.97 Å². The predicted molar refractivity (Wildman–Crippen MR) is 79.1 cm³/mol. The number of benzene rings is 2. The molecule has 0 spiro atoms. The first-order chi connectivity index (χ1) is 9.24. The average Bonchev–Trinajstić information content (AvgIpc) is 2.47. The summed E-state index contributed by atoms with van der Waals surface area (Å²) in [5.41, 5.74) is 3.39. The third-order valence-electron chi connectivity index (χ3n) is 3.32. The Morgan fingerprint density at radius 2 is 1.63 bits per heavy atom. The molecule has 19 heavy (non-hydrogen) atoms. The van der Waals surface area contributed by atoms with Gasteiger partial charge in [-0.2, -0.15) is 0 Å². The molecule has 0 atom stereocenters. The summed E-state index contributed by atoms with van der Waals surface area (Å²) in [5, 5.41) is 1.07. The van der Waals surface area contributed by atoms with Gasteiger partial charge in [0, 0.05) is 17.1 Å². The summed E-state index contributed by atoms with van der Waals surface area (Å²) in [6, 6.07) is 16.5. The van der Waals surface area contributed by atoms with Crippen molar-refractivity contribution in [3.63, 3.8) is 0 Å². The molecule has 0 fully saturated rings. The zero-order valence-corrected chi connectivity index (χ0v) is 11.2. The summed E-state index contributed by atoms with van der Waals surface area (Å²) in [5.74, 6) is 1.33. The smallest absolute Gasteiger partial charge is 0.159 e. The molecule has 0 aliphatic carbocycles. The highest BCUT2D eigenvalue weighted by molar-refractivity contribution is 5.79. The second kappa shape index (κ2) is 4.81. The van der Waals surface area contributed by atoms with Crippen LogP contribution in [-0.4, -0.2) is 9.97 Å². The number of aromatic nitrogens is 2. The van der Waals surface area contributed by atoms with E-state index in [0.717, 1.165) is 22.3 Å². The standard InChI is InChI=1S/C17H16N2/c1-12(2)13-7-9-14(10-8-13)17-18-11-15-5-3-4-6-16(15)19-17/h3-12H,1-2H3. The molecule has 0 N–H and O–H groups in total. The van der Waals surface area contributed by atoms with Gasteiger partial charge in [0.05, 0.1) is 5.52 Å². The van der Waals surface area contributed by atoms with Crippen LogP contribution in [0.25, 0.3) is 22.3 Å². The molecular formula is C17H16N2. The lowest BCUT2D eigenvalue weighted by Crippen LogP contribution is -1.91. The summed E-state index contributed by atoms with van der Waals surface area (Å²) < 4.78 is 0. The van der Waals surface area contributed by atoms with Crippen LogP contribution in [0.1, 0.15) is 25.3 Å². The molecule has 1 aromatic heterocycles. The van der Waals surface area contributed by atoms with Gasteiger partial charge in [-0.15, -0.1) is 0 Å². The van der Waals surface area contributed by atoms with E-state index in [0.29, 0.717) is 5.92 Å². The second-order valence-electron chi connectivity index (χ2n) is 5.03. The number of nitrogens with zero attached hydrogens (tertiary/aromatic N) is 2. The van der Waals surface area contributed by atoms with E-state index >= 15 is 0 Å². The van der Waals surface area contributed by atoms with Crippen LogP contribution in [0.5, 0.6) is 0 Å². The third kappa shape index (κ3) is 2.34. The maximum Gasteiger partial charge on any atom is 0.159 e. The average molecular weight is 248 g/mol. The van der Waals surface area contributed by atoms with Gasteiger partial charge in [0.1, 0.15) is 0 Å². The van der Waals surface area contributed by atoms with E-state index in [1.54, 1.807) is 0 Å². The fourth-order valence-corrected chi connectivity index (χ4v) is 2.13. The van der Waals surface area contributed by atoms with Crippen LogP contribution in [0.4, 0.5) is 0 Å². The van der Waals surface area contributed by atoms with Gasteiger partial charge in [0.25, 0.3) is 0 Å². The van der Waals surface area contributed by atoms with E-state index < -0.39 is 0 Å². The number of hydrogen-bond donors (Lipinski definition) is 0. The molecule has 3 aromatic rings. The van der Waals surface area contributed by atoms with Gasteiger partial charge in [-0.05, 0) is 17.5 Å². The van der Waals surface area contributed by atoms with E-state index in [1.165, 1.54) is 5.56 Å². The number of rotatable bonds is 2. The topological polar surface area (TPSA) is 25.8 Å². The monoisotopic (exact) mass is 248 g/mol. The molecule has 0 aliphatic rings. The lowest BCUT2D eigenvalue weighted by atomic mass is 10.0. The minimum Gasteiger partial charge on any atom is -0.236 e. The van der Waals surface area contributed by atoms with Crippen LogP contribution >= 0.6 is 0 Å². The molecule has 0 radical (unpaired) electrons. The van der Waals surface area contributed by atoms with Crippen molar-refractivity contribution in [1.29, 1.82) is 0 Å². The fourth-order valence-electron chi connectivity index (χ4n) is 2.13. The summed E-state index contributed by atoms with van der Waals surface area (Å²) >= 11 is 0. The first-order valence-corrected chi connectivity index (χ1v) is 6.56. The maximum absolute atomic E-state index is 4.61. The molecule has 0 bridgehead atoms. The lowest BCUT2D eigenvalue weighted by molar-refractivity contribution is 0.867. The lowest BCUT2D eigenvalue weighted by Gasteiger charge is -2.06. The molecule has 2 aromatic carbocycles. The van der Waals surface area contributed by atoms with Crippen molar-refractivity contribution in [2.75, 3.05) is 0 Å². The fraction of sp³-hybridized carbons (Fsp3) is 0.176. The van der Waals surface area contributed by atoms with E-state index in [9.17, 15) is 0 Å². The second-order valence-corrected chi connectivity index (χ2v) is 5.03. The van der Waals surface area contributed by atoms with Gasteiger partial charge in [0.15, 0.2) is 5.82 Å². The zero-order valence-electron chi connectivity index (χ0n) is 11.2. The van der Waals surface area contributed by atoms with Gasteiger partial charge >= 0.3 is 0 Å². The van der Waals surface area contributed by atoms with Crippen molar-refractivity contribution in [3.05, 3.63) is 60.3 Å². The Morgan fingerprint density at radius 1 is 0.895 bits per heavy atom. The number of para-hydroxylation sites is 1. The van der Waals surface area contributed by atoms with Crippen LogP contribution < -0.4 is 0 Å². The van der Waals surface area contributed by atoms with Crippen molar-refractivity contribution in [2.24, 2.45) is 0 Å². The van der Waals surface area contributed by atoms with Crippen molar-refractivity contribution in [3.8, 4) is 11.4 Å². The number of fused-ring (bicyclic) bond motifs is 1. The summed E-state index contributed by atoms with van der Waals surface area (Å²) in [7, 11) is 0. The first kappa shape index (κ1) is 11.8. The van der Waals surface area contributed by atoms with E-state index in [2.05, 4.69) is 48.1 Å². The minimum absolute atomic E-state index is 0.548. The van der Waals surface area contributed by atoms with Crippen LogP contribution in [0, 0.1) is 0 Å². The summed E-state index contributed by atoms with van der Waals surface area (Å²) in [4.78, 5) is 9.05. The Labute approximate surface area is 113 Å². The molecule has 1 heterocycles. The minimum atomic E-state index is 0.548. The van der Waals surface area contributed by atoms with E-state index in [4.69, 9.17) is 0 Å². The molecule has 0 aliphatic heterocycles. The highest BCUT2D eigenvalue weighted by Crippen LogP contribution is 2.21. The Hall–Kier alpha value is -2.22. The molecule has 94 valence electrons. The Morgan fingerprint density at radius 3 is 2.37 bits per heavy atom. The zero-order chi connectivity index (χ0) is 13.2. The SMILES string of the molecule is CC(C)c1ccc(-c2ncc3ccccc3n2)cc1. The van der Waals surface area contributed by atoms with Crippen LogP contribution in [0.2, 0.25) is 0 Å². The van der Waals surface area contributed by atoms with Crippen LogP contribution in [-0.2, 0) is 0 Å². The molecule has 0 saturated heterocycles. The molecule has 2 heteroatoms. The molecule has 0 saturated carbocycles. The van der Waals surface area contributed by atoms with Crippen LogP contribution in [0.3, 0.4) is 0 Å². The van der Waals surface area contributed by atoms with Gasteiger partial charge in [0.2, 0.25) is 0 Å². The van der Waals surface area contributed by atoms with Gasteiger partial charge in [-0.3, -0.25) is 0 Å². The Balaban J connectivity index is 2.03. The van der Waals surface area contributed by atoms with E-state index in [1.807, 2.05) is 30.5 Å². The highest BCUT2D eigenvalue weighted by Gasteiger charge is 2.04. The highest BCUT2D eigenvalue weighted by atomic mass is 14.9. The molecule has 0 amide bonds. The number of hydrogen-bond acceptors (Lipinski definition) is 2. The summed E-state index contributed by atoms with van der Waals surface area (Å²) in [6.45, 7) is 4.39. The normalized spacial score (nSPS) is 11.1. The molecule has 2 nitrogen and oxygen atoms in total.